The number of nitrogens with zero attached hydrogens (tertiary/aromatic N) is 3. The lowest BCUT2D eigenvalue weighted by molar-refractivity contribution is -0.387. The van der Waals surface area contributed by atoms with Crippen LogP contribution in [0.15, 0.2) is 24.3 Å². The van der Waals surface area contributed by atoms with Crippen LogP contribution >= 0.6 is 0 Å². The largest absolute Gasteiger partial charge is 0.434 e. The van der Waals surface area contributed by atoms with Crippen molar-refractivity contribution in [2.75, 3.05) is 0 Å². The van der Waals surface area contributed by atoms with Gasteiger partial charge >= 0.3 is 5.69 Å². The Bertz CT molecular complexity index is 772. The molecular formula is C13H7F2N3O3. The minimum Gasteiger partial charge on any atom is -0.434 e. The van der Waals surface area contributed by atoms with E-state index in [1.807, 2.05) is 0 Å². The number of benzene rings is 1. The Hall–Kier alpha value is -3.08. The zero-order valence-electron chi connectivity index (χ0n) is 10.6. The number of pyridine rings is 1. The highest BCUT2D eigenvalue weighted by molar-refractivity contribution is 5.44. The van der Waals surface area contributed by atoms with Gasteiger partial charge in [-0.05, 0) is 19.1 Å². The summed E-state index contributed by atoms with van der Waals surface area (Å²) in [7, 11) is 0. The van der Waals surface area contributed by atoms with E-state index in [2.05, 4.69) is 4.98 Å². The first kappa shape index (κ1) is 14.3. The molecule has 0 fully saturated rings. The quantitative estimate of drug-likeness (QED) is 0.639. The molecule has 0 saturated carbocycles. The lowest BCUT2D eigenvalue weighted by Crippen LogP contribution is -1.99. The molecule has 21 heavy (non-hydrogen) atoms. The smallest absolute Gasteiger partial charge is 0.307 e. The highest BCUT2D eigenvalue weighted by atomic mass is 19.1. The Labute approximate surface area is 117 Å². The van der Waals surface area contributed by atoms with Crippen molar-refractivity contribution >= 4 is 5.69 Å². The second-order valence-electron chi connectivity index (χ2n) is 4.01. The van der Waals surface area contributed by atoms with Crippen LogP contribution in [-0.2, 0) is 0 Å². The fourth-order valence-electron chi connectivity index (χ4n) is 1.54. The average Bonchev–Trinajstić information content (AvgIpc) is 2.42. The second kappa shape index (κ2) is 5.50. The lowest BCUT2D eigenvalue weighted by atomic mass is 10.2. The van der Waals surface area contributed by atoms with Gasteiger partial charge in [-0.2, -0.15) is 9.65 Å². The van der Waals surface area contributed by atoms with Crippen molar-refractivity contribution < 1.29 is 18.4 Å². The number of nitro benzene ring substituents is 1. The van der Waals surface area contributed by atoms with Gasteiger partial charge in [-0.1, -0.05) is 0 Å². The number of ether oxygens (including phenoxy) is 1. The van der Waals surface area contributed by atoms with Crippen LogP contribution in [0.2, 0.25) is 0 Å². The summed E-state index contributed by atoms with van der Waals surface area (Å²) in [5, 5.41) is 19.4. The van der Waals surface area contributed by atoms with Crippen molar-refractivity contribution in [1.82, 2.24) is 4.98 Å². The molecule has 0 radical (unpaired) electrons. The van der Waals surface area contributed by atoms with E-state index in [9.17, 15) is 18.9 Å². The van der Waals surface area contributed by atoms with Crippen LogP contribution in [0.5, 0.6) is 11.6 Å². The van der Waals surface area contributed by atoms with Crippen LogP contribution in [0.4, 0.5) is 14.5 Å². The molecule has 2 aromatic rings. The molecule has 0 aliphatic carbocycles. The maximum Gasteiger partial charge on any atom is 0.307 e. The molecule has 8 heteroatoms. The molecule has 0 saturated heterocycles. The van der Waals surface area contributed by atoms with Crippen LogP contribution < -0.4 is 4.74 Å². The van der Waals surface area contributed by atoms with Gasteiger partial charge in [-0.25, -0.2) is 9.37 Å². The molecule has 0 bridgehead atoms. The van der Waals surface area contributed by atoms with E-state index in [1.54, 1.807) is 19.1 Å². The van der Waals surface area contributed by atoms with Crippen molar-refractivity contribution in [2.45, 2.75) is 6.92 Å². The standard InChI is InChI=1S/C13H7F2N3O3/c1-7-2-3-8(6-16)13(17-7)21-12-5-9(14)11(18(19)20)4-10(12)15/h2-5H,1H3. The van der Waals surface area contributed by atoms with Crippen LogP contribution in [0.1, 0.15) is 11.3 Å². The maximum atomic E-state index is 13.7. The van der Waals surface area contributed by atoms with Gasteiger partial charge in [0.2, 0.25) is 11.7 Å². The summed E-state index contributed by atoms with van der Waals surface area (Å²) in [6.07, 6.45) is 0. The fraction of sp³-hybridized carbons (Fsp3) is 0.0769. The maximum absolute atomic E-state index is 13.7. The van der Waals surface area contributed by atoms with E-state index >= 15 is 0 Å². The first-order valence-corrected chi connectivity index (χ1v) is 5.61. The zero-order chi connectivity index (χ0) is 15.6. The molecule has 1 aromatic heterocycles. The second-order valence-corrected chi connectivity index (χ2v) is 4.01. The van der Waals surface area contributed by atoms with Gasteiger partial charge in [-0.15, -0.1) is 0 Å². The average molecular weight is 291 g/mol. The molecule has 0 unspecified atom stereocenters. The summed E-state index contributed by atoms with van der Waals surface area (Å²) >= 11 is 0. The van der Waals surface area contributed by atoms with Gasteiger partial charge < -0.3 is 4.74 Å². The first-order valence-electron chi connectivity index (χ1n) is 5.61. The lowest BCUT2D eigenvalue weighted by Gasteiger charge is -2.08. The minimum atomic E-state index is -1.25. The third-order valence-electron chi connectivity index (χ3n) is 2.52. The predicted molar refractivity (Wildman–Crippen MR) is 66.8 cm³/mol. The molecule has 0 amide bonds. The van der Waals surface area contributed by atoms with Crippen molar-refractivity contribution in [3.8, 4) is 17.7 Å². The molecule has 6 nitrogen and oxygen atoms in total. The summed E-state index contributed by atoms with van der Waals surface area (Å²) in [6, 6.07) is 5.71. The molecule has 0 spiro atoms. The number of nitriles is 1. The molecule has 1 aromatic carbocycles. The first-order chi connectivity index (χ1) is 9.92. The van der Waals surface area contributed by atoms with E-state index < -0.39 is 28.0 Å². The highest BCUT2D eigenvalue weighted by Gasteiger charge is 2.20. The third-order valence-corrected chi connectivity index (χ3v) is 2.52. The van der Waals surface area contributed by atoms with Gasteiger partial charge in [0.05, 0.1) is 11.0 Å². The Kier molecular flexibility index (Phi) is 3.75. The Morgan fingerprint density at radius 2 is 2.05 bits per heavy atom. The molecular weight excluding hydrogens is 284 g/mol. The number of halogens is 2. The number of hydrogen-bond acceptors (Lipinski definition) is 5. The molecule has 1 heterocycles. The Morgan fingerprint density at radius 1 is 1.33 bits per heavy atom. The molecule has 2 rings (SSSR count). The molecule has 0 atom stereocenters. The van der Waals surface area contributed by atoms with Gasteiger partial charge in [0.15, 0.2) is 11.6 Å². The van der Waals surface area contributed by atoms with Gasteiger partial charge in [0, 0.05) is 11.8 Å². The van der Waals surface area contributed by atoms with Crippen LogP contribution in [0, 0.1) is 40.0 Å². The van der Waals surface area contributed by atoms with Crippen molar-refractivity contribution in [3.63, 3.8) is 0 Å². The van der Waals surface area contributed by atoms with Crippen molar-refractivity contribution in [1.29, 1.82) is 5.26 Å². The normalized spacial score (nSPS) is 10.0. The van der Waals surface area contributed by atoms with Gasteiger partial charge in [-0.3, -0.25) is 10.1 Å². The van der Waals surface area contributed by atoms with Gasteiger partial charge in [0.1, 0.15) is 11.6 Å². The Balaban J connectivity index is 2.46. The molecule has 106 valence electrons. The summed E-state index contributed by atoms with van der Waals surface area (Å²) < 4.78 is 32.2. The SMILES string of the molecule is Cc1ccc(C#N)c(Oc2cc(F)c([N+](=O)[O-])cc2F)n1. The van der Waals surface area contributed by atoms with E-state index in [0.717, 1.165) is 0 Å². The Morgan fingerprint density at radius 3 is 2.67 bits per heavy atom. The van der Waals surface area contributed by atoms with Crippen LogP contribution in [-0.4, -0.2) is 9.91 Å². The molecule has 0 aliphatic rings. The summed E-state index contributed by atoms with van der Waals surface area (Å²) in [5.41, 5.74) is -0.469. The predicted octanol–water partition coefficient (Wildman–Crippen LogP) is 3.24. The highest BCUT2D eigenvalue weighted by Crippen LogP contribution is 2.30. The topological polar surface area (TPSA) is 89.0 Å². The number of nitro groups is 1. The summed E-state index contributed by atoms with van der Waals surface area (Å²) in [4.78, 5) is 13.3. The fourth-order valence-corrected chi connectivity index (χ4v) is 1.54. The van der Waals surface area contributed by atoms with E-state index in [0.29, 0.717) is 17.8 Å². The monoisotopic (exact) mass is 291 g/mol. The number of rotatable bonds is 3. The number of hydrogen-bond donors (Lipinski definition) is 0. The van der Waals surface area contributed by atoms with Crippen molar-refractivity contribution in [2.24, 2.45) is 0 Å². The van der Waals surface area contributed by atoms with E-state index in [1.165, 1.54) is 6.07 Å². The molecule has 0 N–H and O–H groups in total. The van der Waals surface area contributed by atoms with Crippen LogP contribution in [0.3, 0.4) is 0 Å². The number of aromatic nitrogens is 1. The summed E-state index contributed by atoms with van der Waals surface area (Å²) in [5.74, 6) is -3.17. The minimum absolute atomic E-state index is 0.0266. The third kappa shape index (κ3) is 2.92. The van der Waals surface area contributed by atoms with E-state index in [-0.39, 0.29) is 11.4 Å². The zero-order valence-corrected chi connectivity index (χ0v) is 10.6. The van der Waals surface area contributed by atoms with E-state index in [4.69, 9.17) is 10.00 Å². The van der Waals surface area contributed by atoms with Crippen molar-refractivity contribution in [3.05, 3.63) is 57.3 Å². The van der Waals surface area contributed by atoms with Gasteiger partial charge in [0.25, 0.3) is 0 Å². The number of aryl methyl sites for hydroxylation is 1. The summed E-state index contributed by atoms with van der Waals surface area (Å²) in [6.45, 7) is 1.63. The molecule has 0 aliphatic heterocycles. The van der Waals surface area contributed by atoms with Crippen LogP contribution in [0.25, 0.3) is 0 Å².